The third-order valence-electron chi connectivity index (χ3n) is 2.14. The summed E-state index contributed by atoms with van der Waals surface area (Å²) in [4.78, 5) is 0. The number of anilines is 1. The number of methoxy groups -OCH3 is 1. The molecule has 0 unspecified atom stereocenters. The number of nitrogens with one attached hydrogen (secondary N) is 1. The smallest absolute Gasteiger partial charge is 0.165 e. The normalized spacial score (nSPS) is 11.3. The van der Waals surface area contributed by atoms with Crippen molar-refractivity contribution in [2.45, 2.75) is 19.4 Å². The average molecular weight is 212 g/mol. The molecule has 15 heavy (non-hydrogen) atoms. The zero-order valence-corrected chi connectivity index (χ0v) is 9.30. The Bertz CT molecular complexity index is 339. The minimum atomic E-state index is -0.367. The van der Waals surface area contributed by atoms with Crippen LogP contribution < -0.4 is 15.8 Å². The fourth-order valence-corrected chi connectivity index (χ4v) is 1.18. The number of nitrogens with two attached hydrogens (primary N) is 1. The summed E-state index contributed by atoms with van der Waals surface area (Å²) in [5.41, 5.74) is 6.16. The predicted octanol–water partition coefficient (Wildman–Crippen LogP) is 1.98. The van der Waals surface area contributed by atoms with E-state index in [4.69, 9.17) is 10.5 Å². The summed E-state index contributed by atoms with van der Waals surface area (Å²) < 4.78 is 18.0. The highest BCUT2D eigenvalue weighted by Crippen LogP contribution is 2.23. The van der Waals surface area contributed by atoms with Gasteiger partial charge in [-0.3, -0.25) is 0 Å². The van der Waals surface area contributed by atoms with Gasteiger partial charge < -0.3 is 15.8 Å². The van der Waals surface area contributed by atoms with Gasteiger partial charge in [0.1, 0.15) is 0 Å². The minimum Gasteiger partial charge on any atom is -0.494 e. The maximum atomic E-state index is 13.1. The molecule has 0 aliphatic heterocycles. The van der Waals surface area contributed by atoms with Crippen molar-refractivity contribution in [2.75, 3.05) is 19.0 Å². The first-order valence-corrected chi connectivity index (χ1v) is 4.80. The number of hydrogen-bond acceptors (Lipinski definition) is 3. The molecule has 1 rings (SSSR count). The van der Waals surface area contributed by atoms with Gasteiger partial charge in [0, 0.05) is 23.8 Å². The van der Waals surface area contributed by atoms with Crippen molar-refractivity contribution in [1.29, 1.82) is 0 Å². The van der Waals surface area contributed by atoms with Crippen LogP contribution in [0, 0.1) is 5.82 Å². The van der Waals surface area contributed by atoms with Gasteiger partial charge in [0.2, 0.25) is 0 Å². The molecule has 1 aromatic carbocycles. The zero-order chi connectivity index (χ0) is 11.5. The Morgan fingerprint density at radius 2 is 2.13 bits per heavy atom. The van der Waals surface area contributed by atoms with Crippen molar-refractivity contribution in [3.05, 3.63) is 24.0 Å². The van der Waals surface area contributed by atoms with E-state index in [0.29, 0.717) is 6.54 Å². The van der Waals surface area contributed by atoms with Crippen LogP contribution >= 0.6 is 0 Å². The first-order valence-electron chi connectivity index (χ1n) is 4.80. The molecule has 0 spiro atoms. The van der Waals surface area contributed by atoms with Crippen LogP contribution in [0.15, 0.2) is 18.2 Å². The van der Waals surface area contributed by atoms with Gasteiger partial charge >= 0.3 is 0 Å². The molecule has 0 aromatic heterocycles. The summed E-state index contributed by atoms with van der Waals surface area (Å²) in [5.74, 6) is -0.138. The summed E-state index contributed by atoms with van der Waals surface area (Å²) in [5, 5.41) is 3.20. The van der Waals surface area contributed by atoms with Gasteiger partial charge in [0.05, 0.1) is 7.11 Å². The molecular formula is C11H17FN2O. The van der Waals surface area contributed by atoms with E-state index in [1.165, 1.54) is 13.2 Å². The van der Waals surface area contributed by atoms with Crippen molar-refractivity contribution in [2.24, 2.45) is 5.73 Å². The van der Waals surface area contributed by atoms with E-state index >= 15 is 0 Å². The Kier molecular flexibility index (Phi) is 3.52. The van der Waals surface area contributed by atoms with Gasteiger partial charge in [-0.25, -0.2) is 4.39 Å². The highest BCUT2D eigenvalue weighted by Gasteiger charge is 2.15. The molecule has 3 N–H and O–H groups in total. The van der Waals surface area contributed by atoms with Gasteiger partial charge in [-0.1, -0.05) is 0 Å². The highest BCUT2D eigenvalue weighted by molar-refractivity contribution is 5.50. The quantitative estimate of drug-likeness (QED) is 0.802. The van der Waals surface area contributed by atoms with Crippen LogP contribution in [0.3, 0.4) is 0 Å². The van der Waals surface area contributed by atoms with E-state index in [0.717, 1.165) is 5.69 Å². The summed E-state index contributed by atoms with van der Waals surface area (Å²) in [6, 6.07) is 4.65. The first kappa shape index (κ1) is 11.8. The van der Waals surface area contributed by atoms with Gasteiger partial charge in [0.25, 0.3) is 0 Å². The summed E-state index contributed by atoms with van der Waals surface area (Å²) in [7, 11) is 1.44. The minimum absolute atomic E-state index is 0.219. The van der Waals surface area contributed by atoms with E-state index < -0.39 is 0 Å². The molecule has 0 saturated heterocycles. The molecule has 0 aliphatic rings. The molecule has 0 atom stereocenters. The Labute approximate surface area is 89.4 Å². The maximum Gasteiger partial charge on any atom is 0.165 e. The Morgan fingerprint density at radius 3 is 2.67 bits per heavy atom. The molecular weight excluding hydrogens is 195 g/mol. The molecule has 0 amide bonds. The lowest BCUT2D eigenvalue weighted by molar-refractivity contribution is 0.386. The molecule has 0 aliphatic carbocycles. The molecule has 0 fully saturated rings. The van der Waals surface area contributed by atoms with Gasteiger partial charge in [-0.05, 0) is 26.0 Å². The third-order valence-corrected chi connectivity index (χ3v) is 2.14. The highest BCUT2D eigenvalue weighted by atomic mass is 19.1. The number of benzene rings is 1. The van der Waals surface area contributed by atoms with E-state index in [1.54, 1.807) is 12.1 Å². The van der Waals surface area contributed by atoms with E-state index in [-0.39, 0.29) is 17.1 Å². The van der Waals surface area contributed by atoms with Crippen molar-refractivity contribution in [1.82, 2.24) is 0 Å². The topological polar surface area (TPSA) is 47.3 Å². The Hall–Kier alpha value is -1.29. The number of rotatable bonds is 4. The molecule has 4 heteroatoms. The second-order valence-electron chi connectivity index (χ2n) is 4.06. The third kappa shape index (κ3) is 3.09. The lowest BCUT2D eigenvalue weighted by Crippen LogP contribution is -2.39. The average Bonchev–Trinajstić information content (AvgIpc) is 2.20. The van der Waals surface area contributed by atoms with Crippen molar-refractivity contribution in [3.8, 4) is 5.75 Å². The van der Waals surface area contributed by atoms with E-state index in [1.807, 2.05) is 13.8 Å². The van der Waals surface area contributed by atoms with Crippen molar-refractivity contribution >= 4 is 5.69 Å². The fourth-order valence-electron chi connectivity index (χ4n) is 1.18. The number of hydrogen-bond donors (Lipinski definition) is 2. The van der Waals surface area contributed by atoms with E-state index in [9.17, 15) is 4.39 Å². The van der Waals surface area contributed by atoms with Crippen LogP contribution in [0.2, 0.25) is 0 Å². The Balaban J connectivity index is 2.87. The molecule has 0 heterocycles. The monoisotopic (exact) mass is 212 g/mol. The molecule has 0 saturated carbocycles. The van der Waals surface area contributed by atoms with Crippen LogP contribution in [-0.2, 0) is 0 Å². The van der Waals surface area contributed by atoms with Gasteiger partial charge in [-0.2, -0.15) is 0 Å². The first-order chi connectivity index (χ1) is 6.98. The fraction of sp³-hybridized carbons (Fsp3) is 0.455. The van der Waals surface area contributed by atoms with E-state index in [2.05, 4.69) is 5.32 Å². The second kappa shape index (κ2) is 4.49. The molecule has 0 radical (unpaired) electrons. The second-order valence-corrected chi connectivity index (χ2v) is 4.06. The SMILES string of the molecule is COc1cc(NC(C)(C)CN)ccc1F. The van der Waals surface area contributed by atoms with Crippen molar-refractivity contribution in [3.63, 3.8) is 0 Å². The molecule has 1 aromatic rings. The predicted molar refractivity (Wildman–Crippen MR) is 59.7 cm³/mol. The van der Waals surface area contributed by atoms with Crippen LogP contribution in [-0.4, -0.2) is 19.2 Å². The molecule has 3 nitrogen and oxygen atoms in total. The number of ether oxygens (including phenoxy) is 1. The standard InChI is InChI=1S/C11H17FN2O/c1-11(2,7-13)14-8-4-5-9(12)10(6-8)15-3/h4-6,14H,7,13H2,1-3H3. The summed E-state index contributed by atoms with van der Waals surface area (Å²) in [6.07, 6.45) is 0. The maximum absolute atomic E-state index is 13.1. The molecule has 84 valence electrons. The van der Waals surface area contributed by atoms with Gasteiger partial charge in [0.15, 0.2) is 11.6 Å². The van der Waals surface area contributed by atoms with Crippen LogP contribution in [0.5, 0.6) is 5.75 Å². The van der Waals surface area contributed by atoms with Crippen LogP contribution in [0.4, 0.5) is 10.1 Å². The molecule has 0 bridgehead atoms. The van der Waals surface area contributed by atoms with Crippen LogP contribution in [0.1, 0.15) is 13.8 Å². The summed E-state index contributed by atoms with van der Waals surface area (Å²) in [6.45, 7) is 4.44. The lowest BCUT2D eigenvalue weighted by Gasteiger charge is -2.25. The van der Waals surface area contributed by atoms with Crippen LogP contribution in [0.25, 0.3) is 0 Å². The Morgan fingerprint density at radius 1 is 1.47 bits per heavy atom. The largest absolute Gasteiger partial charge is 0.494 e. The zero-order valence-electron chi connectivity index (χ0n) is 9.30. The lowest BCUT2D eigenvalue weighted by atomic mass is 10.1. The summed E-state index contributed by atoms with van der Waals surface area (Å²) >= 11 is 0. The van der Waals surface area contributed by atoms with Gasteiger partial charge in [-0.15, -0.1) is 0 Å². The number of halogens is 1. The van der Waals surface area contributed by atoms with Crippen molar-refractivity contribution < 1.29 is 9.13 Å².